The molecule has 0 radical (unpaired) electrons. The van der Waals surface area contributed by atoms with Crippen molar-refractivity contribution in [1.29, 1.82) is 0 Å². The fraction of sp³-hybridized carbons (Fsp3) is 0.980. The molecule has 57 heavy (non-hydrogen) atoms. The zero-order valence-corrected chi connectivity index (χ0v) is 38.6. The Hall–Kier alpha value is -0.690. The lowest BCUT2D eigenvalue weighted by molar-refractivity contribution is -0.132. The van der Waals surface area contributed by atoms with Gasteiger partial charge in [-0.15, -0.1) is 0 Å². The minimum Gasteiger partial charge on any atom is -0.394 e. The summed E-state index contributed by atoms with van der Waals surface area (Å²) in [5, 5.41) is 43.9. The van der Waals surface area contributed by atoms with Crippen molar-refractivity contribution in [1.82, 2.24) is 5.32 Å². The molecule has 0 fully saturated rings. The van der Waals surface area contributed by atoms with Gasteiger partial charge in [0.1, 0.15) is 12.2 Å². The Balaban J connectivity index is 3.62. The molecule has 0 aromatic rings. The van der Waals surface area contributed by atoms with Crippen LogP contribution in [-0.4, -0.2) is 57.3 Å². The second-order valence-electron chi connectivity index (χ2n) is 18.2. The van der Waals surface area contributed by atoms with Crippen molar-refractivity contribution in [2.45, 2.75) is 314 Å². The van der Waals surface area contributed by atoms with E-state index in [0.717, 1.165) is 38.5 Å². The summed E-state index contributed by atoms with van der Waals surface area (Å²) in [7, 11) is 0. The van der Waals surface area contributed by atoms with Crippen LogP contribution in [0.5, 0.6) is 0 Å². The fourth-order valence-corrected chi connectivity index (χ4v) is 8.47. The zero-order valence-electron chi connectivity index (χ0n) is 38.6. The molecule has 0 rings (SSSR count). The molecule has 0 heterocycles. The molecule has 5 N–H and O–H groups in total. The topological polar surface area (TPSA) is 110 Å². The summed E-state index contributed by atoms with van der Waals surface area (Å²) in [5.41, 5.74) is 0. The predicted octanol–water partition coefficient (Wildman–Crippen LogP) is 14.4. The van der Waals surface area contributed by atoms with Crippen LogP contribution in [0, 0.1) is 0 Å². The quantitative estimate of drug-likeness (QED) is 0.0393. The first-order valence-corrected chi connectivity index (χ1v) is 25.9. The Labute approximate surface area is 356 Å². The van der Waals surface area contributed by atoms with Crippen LogP contribution in [-0.2, 0) is 4.79 Å². The molecular formula is C51H103NO5. The van der Waals surface area contributed by atoms with Gasteiger partial charge in [-0.3, -0.25) is 4.79 Å². The highest BCUT2D eigenvalue weighted by molar-refractivity contribution is 5.80. The van der Waals surface area contributed by atoms with E-state index in [4.69, 9.17) is 0 Å². The Morgan fingerprint density at radius 1 is 0.368 bits per heavy atom. The predicted molar refractivity (Wildman–Crippen MR) is 247 cm³/mol. The maximum absolute atomic E-state index is 12.6. The standard InChI is InChI=1S/C51H103NO5/c1-3-5-7-9-11-13-15-17-19-21-23-25-27-29-31-33-35-37-39-41-43-45-49(55)51(57)52-47(46-53)50(56)48(54)44-42-40-38-36-34-32-30-28-26-24-22-20-18-16-14-12-10-8-6-4-2/h47-50,53-56H,3-46H2,1-2H3,(H,52,57). The van der Waals surface area contributed by atoms with Crippen molar-refractivity contribution >= 4 is 5.91 Å². The third-order valence-corrected chi connectivity index (χ3v) is 12.6. The number of aliphatic hydroxyl groups is 4. The van der Waals surface area contributed by atoms with Gasteiger partial charge < -0.3 is 25.7 Å². The Morgan fingerprint density at radius 2 is 0.596 bits per heavy atom. The smallest absolute Gasteiger partial charge is 0.249 e. The minimum atomic E-state index is -1.25. The number of carbonyl (C=O) groups excluding carboxylic acids is 1. The molecule has 1 amide bonds. The maximum Gasteiger partial charge on any atom is 0.249 e. The summed E-state index contributed by atoms with van der Waals surface area (Å²) in [6.07, 6.45) is 51.5. The zero-order chi connectivity index (χ0) is 41.7. The summed E-state index contributed by atoms with van der Waals surface area (Å²) in [6, 6.07) is -0.980. The number of carbonyl (C=O) groups is 1. The van der Waals surface area contributed by atoms with Gasteiger partial charge in [0.15, 0.2) is 0 Å². The van der Waals surface area contributed by atoms with E-state index in [1.807, 2.05) is 0 Å². The van der Waals surface area contributed by atoms with Gasteiger partial charge in [0.05, 0.1) is 18.8 Å². The summed E-state index contributed by atoms with van der Waals surface area (Å²) >= 11 is 0. The van der Waals surface area contributed by atoms with Crippen LogP contribution in [0.3, 0.4) is 0 Å². The number of hydrogen-bond acceptors (Lipinski definition) is 5. The molecule has 4 atom stereocenters. The molecule has 342 valence electrons. The molecule has 6 nitrogen and oxygen atoms in total. The highest BCUT2D eigenvalue weighted by atomic mass is 16.3. The highest BCUT2D eigenvalue weighted by Gasteiger charge is 2.28. The largest absolute Gasteiger partial charge is 0.394 e. The van der Waals surface area contributed by atoms with Gasteiger partial charge >= 0.3 is 0 Å². The van der Waals surface area contributed by atoms with Crippen LogP contribution in [0.25, 0.3) is 0 Å². The number of nitrogens with one attached hydrogen (secondary N) is 1. The first kappa shape index (κ1) is 56.3. The van der Waals surface area contributed by atoms with Crippen molar-refractivity contribution in [2.75, 3.05) is 6.61 Å². The van der Waals surface area contributed by atoms with Crippen LogP contribution in [0.2, 0.25) is 0 Å². The van der Waals surface area contributed by atoms with Gasteiger partial charge in [0.25, 0.3) is 0 Å². The molecule has 0 saturated heterocycles. The van der Waals surface area contributed by atoms with Crippen LogP contribution >= 0.6 is 0 Å². The number of rotatable bonds is 48. The molecule has 0 spiro atoms. The molecule has 0 aromatic heterocycles. The third-order valence-electron chi connectivity index (χ3n) is 12.6. The van der Waals surface area contributed by atoms with Gasteiger partial charge in [0.2, 0.25) is 5.91 Å². The summed E-state index contributed by atoms with van der Waals surface area (Å²) in [6.45, 7) is 4.09. The van der Waals surface area contributed by atoms with Gasteiger partial charge in [-0.1, -0.05) is 277 Å². The van der Waals surface area contributed by atoms with E-state index in [0.29, 0.717) is 12.8 Å². The first-order valence-electron chi connectivity index (χ1n) is 25.9. The van der Waals surface area contributed by atoms with E-state index in [-0.39, 0.29) is 0 Å². The van der Waals surface area contributed by atoms with E-state index in [1.54, 1.807) is 0 Å². The second kappa shape index (κ2) is 46.4. The lowest BCUT2D eigenvalue weighted by Gasteiger charge is -2.27. The second-order valence-corrected chi connectivity index (χ2v) is 18.2. The average Bonchev–Trinajstić information content (AvgIpc) is 3.22. The van der Waals surface area contributed by atoms with Gasteiger partial charge in [-0.2, -0.15) is 0 Å². The molecule has 0 aliphatic carbocycles. The molecule has 0 aromatic carbocycles. The van der Waals surface area contributed by atoms with Crippen molar-refractivity contribution in [2.24, 2.45) is 0 Å². The van der Waals surface area contributed by atoms with Crippen molar-refractivity contribution in [3.05, 3.63) is 0 Å². The normalized spacial score (nSPS) is 13.9. The van der Waals surface area contributed by atoms with E-state index >= 15 is 0 Å². The Kier molecular flexibility index (Phi) is 45.8. The van der Waals surface area contributed by atoms with Crippen LogP contribution in [0.1, 0.15) is 290 Å². The number of hydrogen-bond donors (Lipinski definition) is 5. The Morgan fingerprint density at radius 3 is 0.842 bits per heavy atom. The molecular weight excluding hydrogens is 707 g/mol. The molecule has 0 saturated carbocycles. The monoisotopic (exact) mass is 810 g/mol. The van der Waals surface area contributed by atoms with Gasteiger partial charge in [0, 0.05) is 0 Å². The lowest BCUT2D eigenvalue weighted by Crippen LogP contribution is -2.53. The minimum absolute atomic E-state index is 0.376. The molecule has 0 aliphatic heterocycles. The van der Waals surface area contributed by atoms with E-state index in [1.165, 1.54) is 225 Å². The SMILES string of the molecule is CCCCCCCCCCCCCCCCCCCCCCCC(O)C(=O)NC(CO)C(O)C(O)CCCCCCCCCCCCCCCCCCCCCC. The summed E-state index contributed by atoms with van der Waals surface area (Å²) in [5.74, 6) is -0.577. The van der Waals surface area contributed by atoms with Crippen molar-refractivity contribution < 1.29 is 25.2 Å². The van der Waals surface area contributed by atoms with Crippen LogP contribution < -0.4 is 5.32 Å². The Bertz CT molecular complexity index is 781. The van der Waals surface area contributed by atoms with Crippen LogP contribution in [0.15, 0.2) is 0 Å². The first-order chi connectivity index (χ1) is 28.0. The van der Waals surface area contributed by atoms with E-state index in [2.05, 4.69) is 19.2 Å². The number of amides is 1. The van der Waals surface area contributed by atoms with E-state index in [9.17, 15) is 25.2 Å². The molecule has 4 unspecified atom stereocenters. The van der Waals surface area contributed by atoms with Gasteiger partial charge in [-0.05, 0) is 12.8 Å². The maximum atomic E-state index is 12.6. The molecule has 0 aliphatic rings. The van der Waals surface area contributed by atoms with Gasteiger partial charge in [-0.25, -0.2) is 0 Å². The van der Waals surface area contributed by atoms with Crippen LogP contribution in [0.4, 0.5) is 0 Å². The highest BCUT2D eigenvalue weighted by Crippen LogP contribution is 2.18. The number of aliphatic hydroxyl groups excluding tert-OH is 4. The lowest BCUT2D eigenvalue weighted by atomic mass is 9.99. The molecule has 0 bridgehead atoms. The van der Waals surface area contributed by atoms with Crippen molar-refractivity contribution in [3.8, 4) is 0 Å². The fourth-order valence-electron chi connectivity index (χ4n) is 8.47. The summed E-state index contributed by atoms with van der Waals surface area (Å²) < 4.78 is 0. The van der Waals surface area contributed by atoms with E-state index < -0.39 is 36.9 Å². The average molecular weight is 810 g/mol. The number of unbranched alkanes of at least 4 members (excludes halogenated alkanes) is 39. The molecule has 6 heteroatoms. The third kappa shape index (κ3) is 40.5. The summed E-state index contributed by atoms with van der Waals surface area (Å²) in [4.78, 5) is 12.6. The van der Waals surface area contributed by atoms with Crippen molar-refractivity contribution in [3.63, 3.8) is 0 Å².